The predicted molar refractivity (Wildman–Crippen MR) is 135 cm³/mol. The Bertz CT molecular complexity index is 1120. The second-order valence-electron chi connectivity index (χ2n) is 9.96. The van der Waals surface area contributed by atoms with E-state index in [1.165, 1.54) is 0 Å². The number of aliphatic hydroxyl groups excluding tert-OH is 2. The fourth-order valence-corrected chi connectivity index (χ4v) is 4.73. The zero-order valence-electron chi connectivity index (χ0n) is 21.2. The van der Waals surface area contributed by atoms with Crippen LogP contribution in [0.1, 0.15) is 75.8 Å². The van der Waals surface area contributed by atoms with E-state index in [2.05, 4.69) is 4.98 Å². The molecule has 8 heteroatoms. The van der Waals surface area contributed by atoms with Crippen molar-refractivity contribution < 1.29 is 29.0 Å². The molecule has 1 aliphatic rings. The van der Waals surface area contributed by atoms with Crippen LogP contribution < -0.4 is 0 Å². The van der Waals surface area contributed by atoms with Gasteiger partial charge >= 0.3 is 5.97 Å². The maximum absolute atomic E-state index is 13.2. The van der Waals surface area contributed by atoms with E-state index >= 15 is 0 Å². The van der Waals surface area contributed by atoms with Crippen molar-refractivity contribution in [3.8, 4) is 0 Å². The fraction of sp³-hybridized carbons (Fsp3) is 0.519. The molecule has 3 heterocycles. The smallest absolute Gasteiger partial charge is 0.309 e. The third-order valence-corrected chi connectivity index (χ3v) is 7.41. The van der Waals surface area contributed by atoms with Gasteiger partial charge in [-0.25, -0.2) is 4.98 Å². The Morgan fingerprint density at radius 1 is 1.23 bits per heavy atom. The average Bonchev–Trinajstić information content (AvgIpc) is 3.42. The maximum atomic E-state index is 13.2. The molecule has 0 saturated heterocycles. The summed E-state index contributed by atoms with van der Waals surface area (Å²) in [6.07, 6.45) is 1.54. The maximum Gasteiger partial charge on any atom is 0.309 e. The number of cyclic esters (lactones) is 1. The average molecular weight is 502 g/mol. The number of thiazole rings is 1. The number of aryl methyl sites for hydroxylation is 1. The summed E-state index contributed by atoms with van der Waals surface area (Å²) in [6, 6.07) is 3.47. The van der Waals surface area contributed by atoms with Crippen LogP contribution in [0.25, 0.3) is 6.08 Å². The van der Waals surface area contributed by atoms with Gasteiger partial charge in [-0.1, -0.05) is 32.4 Å². The lowest BCUT2D eigenvalue weighted by Gasteiger charge is -2.32. The van der Waals surface area contributed by atoms with Crippen LogP contribution in [0.3, 0.4) is 0 Å². The number of allylic oxidation sites excluding steroid dienone is 1. The standard InChI is InChI=1S/C27H35NO6S/c1-15-7-9-21(16(2)12-19-14-35-18(4)28-19)34-24(30)13-23(29)27(5,6)26(32)17(3)25(31)22-10-8-20(11-15)33-22/h7-8,10,12,14,17,21,23,25,29,31H,9,11,13H2,1-6H3/b15-7+,16-12+/t17-,21-,23-,25-/m0/s1. The molecular formula is C27H35NO6S. The number of aliphatic hydroxyl groups is 2. The molecule has 0 aromatic carbocycles. The normalized spacial score (nSPS) is 28.3. The number of aromatic nitrogens is 1. The van der Waals surface area contributed by atoms with Crippen molar-refractivity contribution in [3.05, 3.63) is 57.0 Å². The summed E-state index contributed by atoms with van der Waals surface area (Å²) in [5, 5.41) is 24.5. The van der Waals surface area contributed by atoms with Crippen molar-refractivity contribution in [3.63, 3.8) is 0 Å². The van der Waals surface area contributed by atoms with Gasteiger partial charge < -0.3 is 19.4 Å². The van der Waals surface area contributed by atoms with Crippen LogP contribution in [0.2, 0.25) is 0 Å². The largest absolute Gasteiger partial charge is 0.463 e. The first-order valence-electron chi connectivity index (χ1n) is 11.8. The highest BCUT2D eigenvalue weighted by molar-refractivity contribution is 7.09. The number of esters is 1. The van der Waals surface area contributed by atoms with E-state index < -0.39 is 35.6 Å². The highest BCUT2D eigenvalue weighted by Gasteiger charge is 2.42. The van der Waals surface area contributed by atoms with E-state index in [1.807, 2.05) is 38.3 Å². The van der Waals surface area contributed by atoms with Crippen molar-refractivity contribution in [2.75, 3.05) is 0 Å². The minimum absolute atomic E-state index is 0.306. The van der Waals surface area contributed by atoms with E-state index in [-0.39, 0.29) is 12.2 Å². The number of carbonyl (C=O) groups is 2. The zero-order chi connectivity index (χ0) is 25.9. The summed E-state index contributed by atoms with van der Waals surface area (Å²) < 4.78 is 11.6. The van der Waals surface area contributed by atoms with E-state index in [4.69, 9.17) is 9.15 Å². The monoisotopic (exact) mass is 501 g/mol. The Morgan fingerprint density at radius 3 is 2.60 bits per heavy atom. The Hall–Kier alpha value is -2.55. The number of rotatable bonds is 2. The van der Waals surface area contributed by atoms with Crippen LogP contribution in [0.15, 0.2) is 39.2 Å². The lowest BCUT2D eigenvalue weighted by Crippen LogP contribution is -2.43. The number of hydrogen-bond acceptors (Lipinski definition) is 8. The van der Waals surface area contributed by atoms with Crippen LogP contribution in [-0.4, -0.2) is 39.2 Å². The van der Waals surface area contributed by atoms with Crippen LogP contribution in [-0.2, 0) is 20.7 Å². The molecule has 0 amide bonds. The summed E-state index contributed by atoms with van der Waals surface area (Å²) in [7, 11) is 0. The molecule has 1 aliphatic heterocycles. The van der Waals surface area contributed by atoms with Crippen LogP contribution >= 0.6 is 11.3 Å². The summed E-state index contributed by atoms with van der Waals surface area (Å²) in [6.45, 7) is 10.5. The molecule has 0 unspecified atom stereocenters. The minimum Gasteiger partial charge on any atom is -0.463 e. The van der Waals surface area contributed by atoms with Gasteiger partial charge in [0.1, 0.15) is 29.5 Å². The molecule has 0 radical (unpaired) electrons. The fourth-order valence-electron chi connectivity index (χ4n) is 4.16. The van der Waals surface area contributed by atoms with Crippen molar-refractivity contribution >= 4 is 29.2 Å². The molecule has 2 aromatic rings. The van der Waals surface area contributed by atoms with E-state index in [1.54, 1.807) is 44.2 Å². The molecule has 4 atom stereocenters. The Morgan fingerprint density at radius 2 is 1.94 bits per heavy atom. The predicted octanol–water partition coefficient (Wildman–Crippen LogP) is 4.97. The molecule has 190 valence electrons. The Labute approximate surface area is 210 Å². The third kappa shape index (κ3) is 6.57. The molecule has 7 nitrogen and oxygen atoms in total. The number of carbonyl (C=O) groups excluding carboxylic acids is 2. The zero-order valence-corrected chi connectivity index (χ0v) is 22.0. The molecule has 0 spiro atoms. The number of nitrogens with zero attached hydrogens (tertiary/aromatic N) is 1. The summed E-state index contributed by atoms with van der Waals surface area (Å²) in [5.74, 6) is -0.819. The van der Waals surface area contributed by atoms with Gasteiger partial charge in [-0.2, -0.15) is 0 Å². The number of furan rings is 1. The van der Waals surface area contributed by atoms with Gasteiger partial charge in [-0.15, -0.1) is 11.3 Å². The highest BCUT2D eigenvalue weighted by atomic mass is 32.1. The number of ether oxygens (including phenoxy) is 1. The van der Waals surface area contributed by atoms with Crippen molar-refractivity contribution in [1.29, 1.82) is 0 Å². The molecular weight excluding hydrogens is 466 g/mol. The highest BCUT2D eigenvalue weighted by Crippen LogP contribution is 2.34. The topological polar surface area (TPSA) is 110 Å². The van der Waals surface area contributed by atoms with Gasteiger partial charge in [0.2, 0.25) is 0 Å². The van der Waals surface area contributed by atoms with Gasteiger partial charge in [0.15, 0.2) is 0 Å². The van der Waals surface area contributed by atoms with Crippen molar-refractivity contribution in [2.24, 2.45) is 11.3 Å². The second kappa shape index (κ2) is 11.0. The first-order valence-corrected chi connectivity index (χ1v) is 12.7. The van der Waals surface area contributed by atoms with Crippen LogP contribution in [0.5, 0.6) is 0 Å². The summed E-state index contributed by atoms with van der Waals surface area (Å²) >= 11 is 1.54. The van der Waals surface area contributed by atoms with Gasteiger partial charge in [0.05, 0.1) is 28.6 Å². The van der Waals surface area contributed by atoms with Crippen molar-refractivity contribution in [1.82, 2.24) is 4.98 Å². The number of ketones is 1. The molecule has 35 heavy (non-hydrogen) atoms. The van der Waals surface area contributed by atoms with E-state index in [0.717, 1.165) is 21.8 Å². The molecule has 0 aliphatic carbocycles. The van der Waals surface area contributed by atoms with Crippen molar-refractivity contribution in [2.45, 2.75) is 79.1 Å². The molecule has 2 N–H and O–H groups in total. The quantitative estimate of drug-likeness (QED) is 0.442. The lowest BCUT2D eigenvalue weighted by atomic mass is 9.74. The molecule has 0 fully saturated rings. The molecule has 2 aromatic heterocycles. The number of hydrogen-bond donors (Lipinski definition) is 2. The first-order chi connectivity index (χ1) is 16.4. The third-order valence-electron chi connectivity index (χ3n) is 6.62. The van der Waals surface area contributed by atoms with E-state index in [0.29, 0.717) is 24.4 Å². The summed E-state index contributed by atoms with van der Waals surface area (Å²) in [5.41, 5.74) is 1.36. The first kappa shape index (κ1) is 27.0. The minimum atomic E-state index is -1.28. The summed E-state index contributed by atoms with van der Waals surface area (Å²) in [4.78, 5) is 30.5. The van der Waals surface area contributed by atoms with Gasteiger partial charge in [0, 0.05) is 24.1 Å². The Balaban J connectivity index is 1.95. The molecule has 0 saturated carbocycles. The van der Waals surface area contributed by atoms with Gasteiger partial charge in [-0.3, -0.25) is 9.59 Å². The number of fused-ring (bicyclic) bond motifs is 2. The number of Topliss-reactive ketones (excluding diaryl/α,β-unsaturated/α-hetero) is 1. The van der Waals surface area contributed by atoms with Gasteiger partial charge in [0.25, 0.3) is 0 Å². The second-order valence-corrected chi connectivity index (χ2v) is 11.0. The van der Waals surface area contributed by atoms with Gasteiger partial charge in [-0.05, 0) is 44.6 Å². The molecule has 3 rings (SSSR count). The van der Waals surface area contributed by atoms with Crippen LogP contribution in [0.4, 0.5) is 0 Å². The SMILES string of the molecule is C/C1=C\C[C@@H](/C(C)=C/c2csc(C)n2)OC(=O)C[C@H](O)C(C)(C)C(=O)[C@@H](C)[C@H](O)c2ccc(o2)C1. The lowest BCUT2D eigenvalue weighted by molar-refractivity contribution is -0.154. The Kier molecular flexibility index (Phi) is 8.51. The van der Waals surface area contributed by atoms with E-state index in [9.17, 15) is 19.8 Å². The molecule has 2 bridgehead atoms. The van der Waals surface area contributed by atoms with Crippen LogP contribution in [0, 0.1) is 18.3 Å².